The SMILES string of the molecule is Cc1ccc2c(c1)C1(CCCCC1)[C@H](c1ccccc1)N2. The van der Waals surface area contributed by atoms with Crippen molar-refractivity contribution in [3.63, 3.8) is 0 Å². The van der Waals surface area contributed by atoms with E-state index in [0.717, 1.165) is 0 Å². The first-order valence-corrected chi connectivity index (χ1v) is 8.22. The van der Waals surface area contributed by atoms with Crippen molar-refractivity contribution in [2.24, 2.45) is 0 Å². The molecule has 1 spiro atoms. The summed E-state index contributed by atoms with van der Waals surface area (Å²) in [5, 5.41) is 3.84. The van der Waals surface area contributed by atoms with E-state index in [0.29, 0.717) is 11.5 Å². The summed E-state index contributed by atoms with van der Waals surface area (Å²) >= 11 is 0. The highest BCUT2D eigenvalue weighted by molar-refractivity contribution is 5.64. The first kappa shape index (κ1) is 12.9. The quantitative estimate of drug-likeness (QED) is 0.739. The normalized spacial score (nSPS) is 22.8. The number of nitrogens with one attached hydrogen (secondary N) is 1. The topological polar surface area (TPSA) is 12.0 Å². The van der Waals surface area contributed by atoms with Crippen molar-refractivity contribution in [2.75, 3.05) is 5.32 Å². The third-order valence-corrected chi connectivity index (χ3v) is 5.44. The Balaban J connectivity index is 1.85. The van der Waals surface area contributed by atoms with Gasteiger partial charge in [0.15, 0.2) is 0 Å². The molecule has 2 aromatic rings. The van der Waals surface area contributed by atoms with Crippen molar-refractivity contribution in [2.45, 2.75) is 50.5 Å². The minimum absolute atomic E-state index is 0.307. The highest BCUT2D eigenvalue weighted by Crippen LogP contribution is 2.56. The van der Waals surface area contributed by atoms with Crippen LogP contribution in [0.15, 0.2) is 48.5 Å². The van der Waals surface area contributed by atoms with E-state index >= 15 is 0 Å². The van der Waals surface area contributed by atoms with E-state index in [1.807, 2.05) is 0 Å². The van der Waals surface area contributed by atoms with E-state index in [1.165, 1.54) is 48.9 Å². The maximum Gasteiger partial charge on any atom is 0.0611 e. The fourth-order valence-electron chi connectivity index (χ4n) is 4.43. The molecule has 1 fully saturated rings. The van der Waals surface area contributed by atoms with Crippen molar-refractivity contribution in [3.05, 3.63) is 65.2 Å². The molecule has 2 aromatic carbocycles. The summed E-state index contributed by atoms with van der Waals surface area (Å²) in [6, 6.07) is 18.4. The highest BCUT2D eigenvalue weighted by Gasteiger charge is 2.47. The Labute approximate surface area is 127 Å². The van der Waals surface area contributed by atoms with E-state index in [-0.39, 0.29) is 0 Å². The molecular weight excluding hydrogens is 254 g/mol. The molecule has 0 saturated heterocycles. The summed E-state index contributed by atoms with van der Waals surface area (Å²) < 4.78 is 0. The lowest BCUT2D eigenvalue weighted by Crippen LogP contribution is -2.34. The number of hydrogen-bond acceptors (Lipinski definition) is 1. The smallest absolute Gasteiger partial charge is 0.0611 e. The Hall–Kier alpha value is -1.76. The van der Waals surface area contributed by atoms with Gasteiger partial charge in [-0.05, 0) is 37.0 Å². The molecule has 1 N–H and O–H groups in total. The third-order valence-electron chi connectivity index (χ3n) is 5.44. The van der Waals surface area contributed by atoms with Gasteiger partial charge in [-0.3, -0.25) is 0 Å². The van der Waals surface area contributed by atoms with Crippen molar-refractivity contribution in [1.82, 2.24) is 0 Å². The molecule has 2 aliphatic rings. The zero-order valence-electron chi connectivity index (χ0n) is 12.7. The van der Waals surface area contributed by atoms with Crippen LogP contribution >= 0.6 is 0 Å². The van der Waals surface area contributed by atoms with Crippen LogP contribution < -0.4 is 5.32 Å². The van der Waals surface area contributed by atoms with Gasteiger partial charge in [0.25, 0.3) is 0 Å². The van der Waals surface area contributed by atoms with Gasteiger partial charge < -0.3 is 5.32 Å². The van der Waals surface area contributed by atoms with Gasteiger partial charge in [-0.2, -0.15) is 0 Å². The van der Waals surface area contributed by atoms with Crippen LogP contribution in [-0.2, 0) is 5.41 Å². The summed E-state index contributed by atoms with van der Waals surface area (Å²) in [5.74, 6) is 0. The van der Waals surface area contributed by atoms with Crippen molar-refractivity contribution in [3.8, 4) is 0 Å². The van der Waals surface area contributed by atoms with Gasteiger partial charge in [0.2, 0.25) is 0 Å². The molecule has 0 unspecified atom stereocenters. The van der Waals surface area contributed by atoms with Gasteiger partial charge in [-0.25, -0.2) is 0 Å². The maximum atomic E-state index is 3.84. The largest absolute Gasteiger partial charge is 0.377 e. The Morgan fingerprint density at radius 3 is 2.48 bits per heavy atom. The lowest BCUT2D eigenvalue weighted by Gasteiger charge is -2.39. The van der Waals surface area contributed by atoms with E-state index in [2.05, 4.69) is 60.8 Å². The third kappa shape index (κ3) is 1.98. The van der Waals surface area contributed by atoms with Crippen LogP contribution in [0.2, 0.25) is 0 Å². The lowest BCUT2D eigenvalue weighted by molar-refractivity contribution is 0.270. The van der Waals surface area contributed by atoms with Gasteiger partial charge in [-0.15, -0.1) is 0 Å². The molecule has 1 heterocycles. The minimum Gasteiger partial charge on any atom is -0.377 e. The van der Waals surface area contributed by atoms with Crippen LogP contribution in [0.5, 0.6) is 0 Å². The first-order valence-electron chi connectivity index (χ1n) is 8.22. The van der Waals surface area contributed by atoms with Crippen molar-refractivity contribution in [1.29, 1.82) is 0 Å². The van der Waals surface area contributed by atoms with Crippen molar-refractivity contribution >= 4 is 5.69 Å². The second-order valence-corrected chi connectivity index (χ2v) is 6.75. The van der Waals surface area contributed by atoms with Gasteiger partial charge in [0, 0.05) is 11.1 Å². The van der Waals surface area contributed by atoms with Gasteiger partial charge in [-0.1, -0.05) is 67.3 Å². The van der Waals surface area contributed by atoms with Crippen LogP contribution in [0.3, 0.4) is 0 Å². The van der Waals surface area contributed by atoms with Crippen LogP contribution in [0, 0.1) is 6.92 Å². The van der Waals surface area contributed by atoms with Crippen molar-refractivity contribution < 1.29 is 0 Å². The number of hydrogen-bond donors (Lipinski definition) is 1. The standard InChI is InChI=1S/C20H23N/c1-15-10-11-18-17(14-15)20(12-6-3-7-13-20)19(21-18)16-8-4-2-5-9-16/h2,4-5,8-11,14,19,21H,3,6-7,12-13H2,1H3/t19-/m0/s1. The minimum atomic E-state index is 0.307. The zero-order valence-corrected chi connectivity index (χ0v) is 12.7. The fourth-order valence-corrected chi connectivity index (χ4v) is 4.43. The number of rotatable bonds is 1. The summed E-state index contributed by atoms with van der Waals surface area (Å²) in [7, 11) is 0. The summed E-state index contributed by atoms with van der Waals surface area (Å²) in [6.07, 6.45) is 6.74. The van der Waals surface area contributed by atoms with E-state index in [1.54, 1.807) is 5.56 Å². The Morgan fingerprint density at radius 1 is 0.952 bits per heavy atom. The highest BCUT2D eigenvalue weighted by atomic mass is 15.0. The van der Waals surface area contributed by atoms with Crippen LogP contribution in [0.4, 0.5) is 5.69 Å². The first-order chi connectivity index (χ1) is 10.3. The molecule has 21 heavy (non-hydrogen) atoms. The predicted octanol–water partition coefficient (Wildman–Crippen LogP) is 5.36. The van der Waals surface area contributed by atoms with Gasteiger partial charge in [0.1, 0.15) is 0 Å². The van der Waals surface area contributed by atoms with Crippen LogP contribution in [0.25, 0.3) is 0 Å². The summed E-state index contributed by atoms with van der Waals surface area (Å²) in [5.41, 5.74) is 6.05. The molecule has 0 radical (unpaired) electrons. The molecular formula is C20H23N. The zero-order chi connectivity index (χ0) is 14.3. The Morgan fingerprint density at radius 2 is 1.71 bits per heavy atom. The number of benzene rings is 2. The molecule has 4 rings (SSSR count). The average Bonchev–Trinajstić information content (AvgIpc) is 2.83. The van der Waals surface area contributed by atoms with Crippen LogP contribution in [-0.4, -0.2) is 0 Å². The number of anilines is 1. The molecule has 1 aliphatic heterocycles. The maximum absolute atomic E-state index is 3.84. The molecule has 0 amide bonds. The van der Waals surface area contributed by atoms with Gasteiger partial charge >= 0.3 is 0 Å². The Bertz CT molecular complexity index is 638. The van der Waals surface area contributed by atoms with Gasteiger partial charge in [0.05, 0.1) is 6.04 Å². The fraction of sp³-hybridized carbons (Fsp3) is 0.400. The molecule has 1 nitrogen and oxygen atoms in total. The second kappa shape index (κ2) is 4.91. The molecule has 1 saturated carbocycles. The van der Waals surface area contributed by atoms with E-state index in [9.17, 15) is 0 Å². The summed E-state index contributed by atoms with van der Waals surface area (Å²) in [6.45, 7) is 2.21. The predicted molar refractivity (Wildman–Crippen MR) is 88.7 cm³/mol. The summed E-state index contributed by atoms with van der Waals surface area (Å²) in [4.78, 5) is 0. The molecule has 1 heteroatoms. The van der Waals surface area contributed by atoms with E-state index in [4.69, 9.17) is 0 Å². The molecule has 1 aliphatic carbocycles. The number of aryl methyl sites for hydroxylation is 1. The average molecular weight is 277 g/mol. The monoisotopic (exact) mass is 277 g/mol. The molecule has 1 atom stereocenters. The molecule has 0 bridgehead atoms. The molecule has 108 valence electrons. The second-order valence-electron chi connectivity index (χ2n) is 6.75. The Kier molecular flexibility index (Phi) is 3.02. The van der Waals surface area contributed by atoms with E-state index < -0.39 is 0 Å². The number of fused-ring (bicyclic) bond motifs is 2. The van der Waals surface area contributed by atoms with Crippen LogP contribution in [0.1, 0.15) is 54.8 Å². The molecule has 0 aromatic heterocycles. The lowest BCUT2D eigenvalue weighted by atomic mass is 9.65.